The van der Waals surface area contributed by atoms with Crippen molar-refractivity contribution >= 4 is 44.8 Å². The average Bonchev–Trinajstić information content (AvgIpc) is 3.19. The van der Waals surface area contributed by atoms with Gasteiger partial charge in [0.1, 0.15) is 4.88 Å². The lowest BCUT2D eigenvalue weighted by Gasteiger charge is -2.11. The molecule has 2 heterocycles. The lowest BCUT2D eigenvalue weighted by Crippen LogP contribution is -2.39. The van der Waals surface area contributed by atoms with E-state index in [0.717, 1.165) is 29.5 Å². The number of fused-ring (bicyclic) bond motifs is 1. The second kappa shape index (κ2) is 7.29. The van der Waals surface area contributed by atoms with E-state index in [1.807, 2.05) is 24.3 Å². The van der Waals surface area contributed by atoms with Gasteiger partial charge in [0, 0.05) is 23.2 Å². The van der Waals surface area contributed by atoms with E-state index in [-0.39, 0.29) is 24.5 Å². The summed E-state index contributed by atoms with van der Waals surface area (Å²) in [6, 6.07) is 7.56. The summed E-state index contributed by atoms with van der Waals surface area (Å²) in [6.07, 6.45) is 2.08. The highest BCUT2D eigenvalue weighted by Gasteiger charge is 2.19. The minimum absolute atomic E-state index is 0.0733. The first-order chi connectivity index (χ1) is 11.1. The van der Waals surface area contributed by atoms with E-state index in [9.17, 15) is 9.59 Å². The first kappa shape index (κ1) is 16.2. The van der Waals surface area contributed by atoms with Gasteiger partial charge in [-0.3, -0.25) is 9.59 Å². The molecule has 1 aliphatic rings. The summed E-state index contributed by atoms with van der Waals surface area (Å²) in [7, 11) is 0. The maximum atomic E-state index is 12.2. The van der Waals surface area contributed by atoms with Crippen LogP contribution in [0.3, 0.4) is 0 Å². The van der Waals surface area contributed by atoms with Gasteiger partial charge in [0.25, 0.3) is 5.91 Å². The van der Waals surface area contributed by atoms with Crippen molar-refractivity contribution in [3.05, 3.63) is 34.2 Å². The van der Waals surface area contributed by atoms with Crippen LogP contribution in [0.25, 0.3) is 10.1 Å². The first-order valence-corrected chi connectivity index (χ1v) is 8.68. The number of ether oxygens (including phenoxy) is 1. The topological polar surface area (TPSA) is 67.4 Å². The van der Waals surface area contributed by atoms with Crippen LogP contribution in [0, 0.1) is 0 Å². The van der Waals surface area contributed by atoms with Crippen LogP contribution >= 0.6 is 22.9 Å². The minimum atomic E-state index is -0.330. The zero-order valence-electron chi connectivity index (χ0n) is 12.4. The summed E-state index contributed by atoms with van der Waals surface area (Å²) in [6.45, 7) is 1.16. The Kier molecular flexibility index (Phi) is 5.15. The van der Waals surface area contributed by atoms with Gasteiger partial charge in [-0.15, -0.1) is 11.3 Å². The van der Waals surface area contributed by atoms with E-state index in [2.05, 4.69) is 10.6 Å². The smallest absolute Gasteiger partial charge is 0.263 e. The quantitative estimate of drug-likeness (QED) is 0.869. The molecule has 2 N–H and O–H groups in total. The molecule has 1 aromatic heterocycles. The van der Waals surface area contributed by atoms with Gasteiger partial charge < -0.3 is 15.4 Å². The Balaban J connectivity index is 1.53. The van der Waals surface area contributed by atoms with E-state index in [1.54, 1.807) is 0 Å². The number of benzene rings is 1. The van der Waals surface area contributed by atoms with Crippen molar-refractivity contribution < 1.29 is 14.3 Å². The third kappa shape index (κ3) is 3.83. The van der Waals surface area contributed by atoms with Gasteiger partial charge in [0.2, 0.25) is 5.91 Å². The van der Waals surface area contributed by atoms with Crippen LogP contribution in [-0.2, 0) is 9.53 Å². The molecule has 122 valence electrons. The molecule has 2 aromatic rings. The number of thiophene rings is 1. The Labute approximate surface area is 143 Å². The van der Waals surface area contributed by atoms with Gasteiger partial charge in [0.05, 0.1) is 17.7 Å². The molecule has 1 aliphatic heterocycles. The fourth-order valence-electron chi connectivity index (χ4n) is 2.50. The van der Waals surface area contributed by atoms with Crippen molar-refractivity contribution in [3.8, 4) is 0 Å². The van der Waals surface area contributed by atoms with E-state index in [4.69, 9.17) is 16.3 Å². The van der Waals surface area contributed by atoms with Crippen LogP contribution in [0.4, 0.5) is 0 Å². The Bertz CT molecular complexity index is 725. The van der Waals surface area contributed by atoms with Crippen LogP contribution in [0.1, 0.15) is 22.5 Å². The fourth-order valence-corrected chi connectivity index (χ4v) is 3.93. The summed E-state index contributed by atoms with van der Waals surface area (Å²) in [5, 5.41) is 6.66. The molecule has 5 nitrogen and oxygen atoms in total. The highest BCUT2D eigenvalue weighted by atomic mass is 35.5. The SMILES string of the molecule is O=C(CNC(=O)c1sc2ccccc2c1Cl)NC[C@@H]1CCCO1. The molecule has 0 radical (unpaired) electrons. The maximum Gasteiger partial charge on any atom is 0.263 e. The molecular formula is C16H17ClN2O3S. The van der Waals surface area contributed by atoms with Crippen molar-refractivity contribution in [2.24, 2.45) is 0 Å². The second-order valence-electron chi connectivity index (χ2n) is 5.36. The summed E-state index contributed by atoms with van der Waals surface area (Å²) < 4.78 is 6.38. The number of nitrogens with one attached hydrogen (secondary N) is 2. The molecule has 0 aliphatic carbocycles. The zero-order chi connectivity index (χ0) is 16.2. The number of hydrogen-bond acceptors (Lipinski definition) is 4. The van der Waals surface area contributed by atoms with Crippen molar-refractivity contribution in [3.63, 3.8) is 0 Å². The third-order valence-electron chi connectivity index (χ3n) is 3.70. The molecule has 3 rings (SSSR count). The number of halogens is 1. The monoisotopic (exact) mass is 352 g/mol. The molecule has 1 aromatic carbocycles. The number of hydrogen-bond donors (Lipinski definition) is 2. The van der Waals surface area contributed by atoms with Crippen molar-refractivity contribution in [2.45, 2.75) is 18.9 Å². The number of amides is 2. The Morgan fingerprint density at radius 2 is 2.13 bits per heavy atom. The molecule has 1 saturated heterocycles. The molecule has 0 saturated carbocycles. The number of carbonyl (C=O) groups excluding carboxylic acids is 2. The molecule has 0 spiro atoms. The van der Waals surface area contributed by atoms with Gasteiger partial charge in [0.15, 0.2) is 0 Å². The molecule has 0 bridgehead atoms. The van der Waals surface area contributed by atoms with Gasteiger partial charge >= 0.3 is 0 Å². The van der Waals surface area contributed by atoms with Crippen LogP contribution < -0.4 is 10.6 Å². The number of rotatable bonds is 5. The predicted octanol–water partition coefficient (Wildman–Crippen LogP) is 2.58. The third-order valence-corrected chi connectivity index (χ3v) is 5.38. The number of carbonyl (C=O) groups is 2. The van der Waals surface area contributed by atoms with Crippen LogP contribution in [0.5, 0.6) is 0 Å². The molecule has 1 atom stereocenters. The average molecular weight is 353 g/mol. The van der Waals surface area contributed by atoms with Gasteiger partial charge in [-0.2, -0.15) is 0 Å². The van der Waals surface area contributed by atoms with Crippen molar-refractivity contribution in [2.75, 3.05) is 19.7 Å². The lowest BCUT2D eigenvalue weighted by atomic mass is 10.2. The lowest BCUT2D eigenvalue weighted by molar-refractivity contribution is -0.120. The molecular weight excluding hydrogens is 336 g/mol. The molecule has 23 heavy (non-hydrogen) atoms. The summed E-state index contributed by atoms with van der Waals surface area (Å²) in [5.41, 5.74) is 0. The summed E-state index contributed by atoms with van der Waals surface area (Å²) in [5.74, 6) is -0.561. The van der Waals surface area contributed by atoms with Gasteiger partial charge in [-0.25, -0.2) is 0 Å². The zero-order valence-corrected chi connectivity index (χ0v) is 14.0. The van der Waals surface area contributed by atoms with Crippen LogP contribution in [0.2, 0.25) is 5.02 Å². The van der Waals surface area contributed by atoms with Crippen LogP contribution in [-0.4, -0.2) is 37.6 Å². The molecule has 2 amide bonds. The largest absolute Gasteiger partial charge is 0.376 e. The Morgan fingerprint density at radius 1 is 1.30 bits per heavy atom. The minimum Gasteiger partial charge on any atom is -0.376 e. The predicted molar refractivity (Wildman–Crippen MR) is 91.2 cm³/mol. The van der Waals surface area contributed by atoms with E-state index in [1.165, 1.54) is 11.3 Å². The highest BCUT2D eigenvalue weighted by molar-refractivity contribution is 7.21. The summed E-state index contributed by atoms with van der Waals surface area (Å²) >= 11 is 7.57. The normalized spacial score (nSPS) is 17.3. The summed E-state index contributed by atoms with van der Waals surface area (Å²) in [4.78, 5) is 24.4. The van der Waals surface area contributed by atoms with E-state index < -0.39 is 0 Å². The maximum absolute atomic E-state index is 12.2. The second-order valence-corrected chi connectivity index (χ2v) is 6.79. The van der Waals surface area contributed by atoms with E-state index in [0.29, 0.717) is 16.4 Å². The Morgan fingerprint density at radius 3 is 2.87 bits per heavy atom. The molecule has 1 fully saturated rings. The first-order valence-electron chi connectivity index (χ1n) is 7.48. The Hall–Kier alpha value is -1.63. The van der Waals surface area contributed by atoms with Crippen molar-refractivity contribution in [1.82, 2.24) is 10.6 Å². The van der Waals surface area contributed by atoms with E-state index >= 15 is 0 Å². The van der Waals surface area contributed by atoms with Gasteiger partial charge in [-0.1, -0.05) is 29.8 Å². The van der Waals surface area contributed by atoms with Crippen molar-refractivity contribution in [1.29, 1.82) is 0 Å². The standard InChI is InChI=1S/C16H17ClN2O3S/c17-14-11-5-1-2-6-12(11)23-15(14)16(21)19-9-13(20)18-8-10-4-3-7-22-10/h1-2,5-6,10H,3-4,7-9H2,(H,18,20)(H,19,21)/t10-/m0/s1. The highest BCUT2D eigenvalue weighted by Crippen LogP contribution is 2.34. The molecule has 0 unspecified atom stereocenters. The molecule has 7 heteroatoms. The van der Waals surface area contributed by atoms with Crippen LogP contribution in [0.15, 0.2) is 24.3 Å². The fraction of sp³-hybridized carbons (Fsp3) is 0.375. The van der Waals surface area contributed by atoms with Gasteiger partial charge in [-0.05, 0) is 18.9 Å².